The van der Waals surface area contributed by atoms with Crippen molar-refractivity contribution in [1.29, 1.82) is 0 Å². The van der Waals surface area contributed by atoms with Gasteiger partial charge in [-0.1, -0.05) is 0 Å². The lowest BCUT2D eigenvalue weighted by Gasteiger charge is -2.46. The molecule has 0 radical (unpaired) electrons. The molecule has 0 aliphatic carbocycles. The molecule has 5 heteroatoms. The molecular weight excluding hydrogens is 244 g/mol. The van der Waals surface area contributed by atoms with Gasteiger partial charge in [0.1, 0.15) is 0 Å². The molecular formula is C14H28N2O3. The zero-order chi connectivity index (χ0) is 13.7. The molecule has 2 heterocycles. The fraction of sp³-hybridized carbons (Fsp3) is 1.00. The molecule has 3 N–H and O–H groups in total. The molecule has 2 fully saturated rings. The Hall–Kier alpha value is -0.200. The smallest absolute Gasteiger partial charge is 0.0729 e. The minimum atomic E-state index is 0.0161. The van der Waals surface area contributed by atoms with Crippen molar-refractivity contribution in [2.45, 2.75) is 57.3 Å². The van der Waals surface area contributed by atoms with Crippen LogP contribution in [0.4, 0.5) is 0 Å². The molecule has 2 aliphatic heterocycles. The standard InChI is InChI=1S/C14H28N2O3/c1-3-18-11(2)13(16-15)12-4-7-19-14(10-12)5-8-17-9-6-14/h11-13,16H,3-10,15H2,1-2H3. The number of hydrazine groups is 1. The fourth-order valence-corrected chi connectivity index (χ4v) is 3.49. The number of hydrogen-bond acceptors (Lipinski definition) is 5. The van der Waals surface area contributed by atoms with E-state index in [9.17, 15) is 0 Å². The first-order valence-electron chi connectivity index (χ1n) is 7.50. The van der Waals surface area contributed by atoms with E-state index in [4.69, 9.17) is 20.1 Å². The van der Waals surface area contributed by atoms with E-state index in [2.05, 4.69) is 12.3 Å². The highest BCUT2D eigenvalue weighted by molar-refractivity contribution is 4.93. The first-order valence-corrected chi connectivity index (χ1v) is 7.50. The van der Waals surface area contributed by atoms with E-state index < -0.39 is 0 Å². The first-order chi connectivity index (χ1) is 9.21. The number of nitrogens with one attached hydrogen (secondary N) is 1. The second-order valence-electron chi connectivity index (χ2n) is 5.75. The second kappa shape index (κ2) is 6.99. The molecule has 0 amide bonds. The van der Waals surface area contributed by atoms with Crippen LogP contribution in [0.15, 0.2) is 0 Å². The lowest BCUT2D eigenvalue weighted by atomic mass is 9.77. The molecule has 19 heavy (non-hydrogen) atoms. The van der Waals surface area contributed by atoms with Crippen LogP contribution in [0.25, 0.3) is 0 Å². The zero-order valence-corrected chi connectivity index (χ0v) is 12.2. The van der Waals surface area contributed by atoms with Crippen LogP contribution in [0.3, 0.4) is 0 Å². The van der Waals surface area contributed by atoms with Gasteiger partial charge in [0, 0.05) is 32.5 Å². The maximum absolute atomic E-state index is 6.08. The lowest BCUT2D eigenvalue weighted by Crippen LogP contribution is -2.54. The minimum absolute atomic E-state index is 0.0161. The Kier molecular flexibility index (Phi) is 5.59. The van der Waals surface area contributed by atoms with Gasteiger partial charge in [-0.25, -0.2) is 0 Å². The van der Waals surface area contributed by atoms with E-state index in [1.54, 1.807) is 0 Å². The maximum Gasteiger partial charge on any atom is 0.0729 e. The summed E-state index contributed by atoms with van der Waals surface area (Å²) in [7, 11) is 0. The first kappa shape index (κ1) is 15.2. The number of nitrogens with two attached hydrogens (primary N) is 1. The Labute approximate surface area is 116 Å². The van der Waals surface area contributed by atoms with Crippen LogP contribution < -0.4 is 11.3 Å². The van der Waals surface area contributed by atoms with Crippen LogP contribution in [0.1, 0.15) is 39.5 Å². The Morgan fingerprint density at radius 1 is 1.37 bits per heavy atom. The van der Waals surface area contributed by atoms with E-state index in [0.717, 1.165) is 52.1 Å². The Bertz CT molecular complexity index is 264. The highest BCUT2D eigenvalue weighted by atomic mass is 16.5. The summed E-state index contributed by atoms with van der Waals surface area (Å²) < 4.78 is 17.3. The summed E-state index contributed by atoms with van der Waals surface area (Å²) in [4.78, 5) is 0. The third-order valence-electron chi connectivity index (χ3n) is 4.57. The molecule has 3 atom stereocenters. The maximum atomic E-state index is 6.08. The summed E-state index contributed by atoms with van der Waals surface area (Å²) in [5.41, 5.74) is 2.98. The molecule has 3 unspecified atom stereocenters. The quantitative estimate of drug-likeness (QED) is 0.582. The van der Waals surface area contributed by atoms with Gasteiger partial charge in [0.05, 0.1) is 11.7 Å². The van der Waals surface area contributed by atoms with Gasteiger partial charge in [-0.2, -0.15) is 0 Å². The summed E-state index contributed by atoms with van der Waals surface area (Å²) in [6, 6.07) is 0.198. The van der Waals surface area contributed by atoms with Crippen molar-refractivity contribution >= 4 is 0 Å². The molecule has 0 aromatic heterocycles. The third kappa shape index (κ3) is 3.67. The average molecular weight is 272 g/mol. The highest BCUT2D eigenvalue weighted by Gasteiger charge is 2.42. The van der Waals surface area contributed by atoms with Crippen molar-refractivity contribution < 1.29 is 14.2 Å². The zero-order valence-electron chi connectivity index (χ0n) is 12.2. The molecule has 0 bridgehead atoms. The van der Waals surface area contributed by atoms with Crippen LogP contribution >= 0.6 is 0 Å². The van der Waals surface area contributed by atoms with E-state index in [1.165, 1.54) is 0 Å². The monoisotopic (exact) mass is 272 g/mol. The lowest BCUT2D eigenvalue weighted by molar-refractivity contribution is -0.154. The van der Waals surface area contributed by atoms with Crippen LogP contribution in [0.5, 0.6) is 0 Å². The summed E-state index contributed by atoms with van der Waals surface area (Å²) in [6.07, 6.45) is 4.25. The third-order valence-corrected chi connectivity index (χ3v) is 4.57. The largest absolute Gasteiger partial charge is 0.381 e. The predicted molar refractivity (Wildman–Crippen MR) is 73.7 cm³/mol. The SMILES string of the molecule is CCOC(C)C(NN)C1CCOC2(CCOCC2)C1. The summed E-state index contributed by atoms with van der Waals surface area (Å²) in [5, 5.41) is 0. The van der Waals surface area contributed by atoms with Gasteiger partial charge in [-0.15, -0.1) is 0 Å². The molecule has 112 valence electrons. The van der Waals surface area contributed by atoms with Crippen molar-refractivity contribution in [3.05, 3.63) is 0 Å². The Morgan fingerprint density at radius 2 is 2.11 bits per heavy atom. The van der Waals surface area contributed by atoms with Gasteiger partial charge in [-0.05, 0) is 45.4 Å². The van der Waals surface area contributed by atoms with Crippen LogP contribution in [-0.2, 0) is 14.2 Å². The van der Waals surface area contributed by atoms with Crippen molar-refractivity contribution in [1.82, 2.24) is 5.43 Å². The van der Waals surface area contributed by atoms with E-state index >= 15 is 0 Å². The van der Waals surface area contributed by atoms with Crippen molar-refractivity contribution in [2.24, 2.45) is 11.8 Å². The highest BCUT2D eigenvalue weighted by Crippen LogP contribution is 2.38. The van der Waals surface area contributed by atoms with Crippen LogP contribution in [0.2, 0.25) is 0 Å². The van der Waals surface area contributed by atoms with Crippen LogP contribution in [-0.4, -0.2) is 44.2 Å². The van der Waals surface area contributed by atoms with Gasteiger partial charge in [0.25, 0.3) is 0 Å². The van der Waals surface area contributed by atoms with E-state index in [0.29, 0.717) is 5.92 Å². The number of hydrogen-bond donors (Lipinski definition) is 2. The fourth-order valence-electron chi connectivity index (χ4n) is 3.49. The van der Waals surface area contributed by atoms with Crippen molar-refractivity contribution in [2.75, 3.05) is 26.4 Å². The average Bonchev–Trinajstić information content (AvgIpc) is 2.41. The number of ether oxygens (including phenoxy) is 3. The Balaban J connectivity index is 1.98. The van der Waals surface area contributed by atoms with Gasteiger partial charge < -0.3 is 14.2 Å². The van der Waals surface area contributed by atoms with Crippen molar-refractivity contribution in [3.63, 3.8) is 0 Å². The molecule has 1 spiro atoms. The number of rotatable bonds is 5. The van der Waals surface area contributed by atoms with Gasteiger partial charge in [-0.3, -0.25) is 11.3 Å². The topological polar surface area (TPSA) is 65.7 Å². The molecule has 2 saturated heterocycles. The van der Waals surface area contributed by atoms with Gasteiger partial charge in [0.15, 0.2) is 0 Å². The molecule has 0 saturated carbocycles. The molecule has 0 aromatic carbocycles. The Morgan fingerprint density at radius 3 is 2.74 bits per heavy atom. The molecule has 2 aliphatic rings. The normalized spacial score (nSPS) is 30.2. The molecule has 2 rings (SSSR count). The second-order valence-corrected chi connectivity index (χ2v) is 5.75. The summed E-state index contributed by atoms with van der Waals surface area (Å²) in [5.74, 6) is 6.27. The summed E-state index contributed by atoms with van der Waals surface area (Å²) >= 11 is 0. The molecule has 5 nitrogen and oxygen atoms in total. The van der Waals surface area contributed by atoms with Gasteiger partial charge in [0.2, 0.25) is 0 Å². The summed E-state index contributed by atoms with van der Waals surface area (Å²) in [6.45, 7) is 7.29. The van der Waals surface area contributed by atoms with Gasteiger partial charge >= 0.3 is 0 Å². The predicted octanol–water partition coefficient (Wildman–Crippen LogP) is 1.22. The van der Waals surface area contributed by atoms with Crippen LogP contribution in [0, 0.1) is 5.92 Å². The van der Waals surface area contributed by atoms with Crippen molar-refractivity contribution in [3.8, 4) is 0 Å². The van der Waals surface area contributed by atoms with E-state index in [-0.39, 0.29) is 17.7 Å². The molecule has 0 aromatic rings. The van der Waals surface area contributed by atoms with E-state index in [1.807, 2.05) is 6.92 Å². The minimum Gasteiger partial charge on any atom is -0.381 e.